The van der Waals surface area contributed by atoms with Crippen LogP contribution in [0.1, 0.15) is 10.4 Å². The molecule has 0 aliphatic heterocycles. The second-order valence-corrected chi connectivity index (χ2v) is 5.56. The Morgan fingerprint density at radius 1 is 0.920 bits per heavy atom. The molecule has 6 nitrogen and oxygen atoms in total. The van der Waals surface area contributed by atoms with Gasteiger partial charge in [-0.25, -0.2) is 14.8 Å². The zero-order valence-electron chi connectivity index (χ0n) is 13.6. The van der Waals surface area contributed by atoms with Crippen molar-refractivity contribution in [3.8, 4) is 11.5 Å². The average molecular weight is 334 g/mol. The molecule has 0 fully saturated rings. The largest absolute Gasteiger partial charge is 0.497 e. The fourth-order valence-corrected chi connectivity index (χ4v) is 3.01. The number of hydrogen-bond donors (Lipinski definition) is 1. The molecule has 25 heavy (non-hydrogen) atoms. The van der Waals surface area contributed by atoms with Crippen molar-refractivity contribution in [2.45, 2.75) is 0 Å². The van der Waals surface area contributed by atoms with Crippen molar-refractivity contribution >= 4 is 38.8 Å². The van der Waals surface area contributed by atoms with E-state index in [0.29, 0.717) is 27.8 Å². The van der Waals surface area contributed by atoms with E-state index in [-0.39, 0.29) is 5.56 Å². The van der Waals surface area contributed by atoms with Gasteiger partial charge in [-0.05, 0) is 24.3 Å². The number of aromatic carboxylic acids is 1. The lowest BCUT2D eigenvalue weighted by atomic mass is 10.1. The summed E-state index contributed by atoms with van der Waals surface area (Å²) in [5.41, 5.74) is 2.18. The van der Waals surface area contributed by atoms with E-state index in [2.05, 4.69) is 9.97 Å². The molecule has 0 spiro atoms. The van der Waals surface area contributed by atoms with Gasteiger partial charge in [-0.2, -0.15) is 0 Å². The first-order valence-corrected chi connectivity index (χ1v) is 7.61. The highest BCUT2D eigenvalue weighted by Crippen LogP contribution is 2.32. The molecule has 0 unspecified atom stereocenters. The molecule has 1 heterocycles. The highest BCUT2D eigenvalue weighted by atomic mass is 16.5. The van der Waals surface area contributed by atoms with Gasteiger partial charge < -0.3 is 14.6 Å². The van der Waals surface area contributed by atoms with Crippen LogP contribution in [0, 0.1) is 0 Å². The fraction of sp³-hybridized carbons (Fsp3) is 0.105. The molecular formula is C19H14N2O4. The van der Waals surface area contributed by atoms with E-state index in [9.17, 15) is 9.90 Å². The van der Waals surface area contributed by atoms with Crippen molar-refractivity contribution < 1.29 is 19.4 Å². The smallest absolute Gasteiger partial charge is 0.338 e. The van der Waals surface area contributed by atoms with Crippen molar-refractivity contribution in [3.63, 3.8) is 0 Å². The molecule has 1 N–H and O–H groups in total. The standard InChI is InChI=1S/C19H14N2O4/c1-24-10-8-13(19(22)23)18-15(9-10)20-14-7-6-11-12(17(14)21-18)4-3-5-16(11)25-2/h3-9H,1-2H3,(H,22,23). The first kappa shape index (κ1) is 15.1. The Balaban J connectivity index is 2.17. The van der Waals surface area contributed by atoms with E-state index in [1.165, 1.54) is 13.2 Å². The Hall–Kier alpha value is -3.41. The van der Waals surface area contributed by atoms with E-state index in [0.717, 1.165) is 16.5 Å². The predicted molar refractivity (Wildman–Crippen MR) is 94.6 cm³/mol. The first-order chi connectivity index (χ1) is 12.1. The summed E-state index contributed by atoms with van der Waals surface area (Å²) in [6.45, 7) is 0. The van der Waals surface area contributed by atoms with Crippen LogP contribution in [-0.2, 0) is 0 Å². The molecule has 0 aliphatic carbocycles. The first-order valence-electron chi connectivity index (χ1n) is 7.61. The normalized spacial score (nSPS) is 11.1. The average Bonchev–Trinajstić information content (AvgIpc) is 2.64. The summed E-state index contributed by atoms with van der Waals surface area (Å²) >= 11 is 0. The predicted octanol–water partition coefficient (Wildman–Crippen LogP) is 3.65. The van der Waals surface area contributed by atoms with Gasteiger partial charge in [0.15, 0.2) is 0 Å². The number of aromatic nitrogens is 2. The van der Waals surface area contributed by atoms with Crippen molar-refractivity contribution in [2.75, 3.05) is 14.2 Å². The number of benzene rings is 3. The SMILES string of the molecule is COc1cc(C(=O)O)c2nc3c(ccc4c(OC)cccc43)nc2c1. The van der Waals surface area contributed by atoms with Crippen LogP contribution >= 0.6 is 0 Å². The van der Waals surface area contributed by atoms with Gasteiger partial charge in [0.2, 0.25) is 0 Å². The lowest BCUT2D eigenvalue weighted by Gasteiger charge is -2.10. The molecule has 4 rings (SSSR count). The number of rotatable bonds is 3. The maximum absolute atomic E-state index is 11.6. The Morgan fingerprint density at radius 2 is 1.76 bits per heavy atom. The second-order valence-electron chi connectivity index (χ2n) is 5.56. The second kappa shape index (κ2) is 5.59. The van der Waals surface area contributed by atoms with Gasteiger partial charge in [-0.1, -0.05) is 12.1 Å². The number of methoxy groups -OCH3 is 2. The molecule has 0 bridgehead atoms. The summed E-state index contributed by atoms with van der Waals surface area (Å²) in [4.78, 5) is 20.9. The summed E-state index contributed by atoms with van der Waals surface area (Å²) in [6, 6.07) is 12.6. The van der Waals surface area contributed by atoms with E-state index in [1.54, 1.807) is 13.2 Å². The lowest BCUT2D eigenvalue weighted by Crippen LogP contribution is -2.02. The van der Waals surface area contributed by atoms with Gasteiger partial charge in [0, 0.05) is 16.8 Å². The van der Waals surface area contributed by atoms with Crippen LogP contribution in [0.4, 0.5) is 0 Å². The van der Waals surface area contributed by atoms with Gasteiger partial charge in [-0.15, -0.1) is 0 Å². The Labute approximate surface area is 142 Å². The van der Waals surface area contributed by atoms with Crippen molar-refractivity contribution in [2.24, 2.45) is 0 Å². The van der Waals surface area contributed by atoms with Crippen LogP contribution < -0.4 is 9.47 Å². The minimum atomic E-state index is -1.07. The Morgan fingerprint density at radius 3 is 2.48 bits per heavy atom. The molecule has 0 amide bonds. The highest BCUT2D eigenvalue weighted by molar-refractivity contribution is 6.10. The number of carboxylic acid groups (broad SMARTS) is 1. The van der Waals surface area contributed by atoms with Gasteiger partial charge in [-0.3, -0.25) is 0 Å². The summed E-state index contributed by atoms with van der Waals surface area (Å²) in [7, 11) is 3.10. The number of fused-ring (bicyclic) bond motifs is 4. The maximum atomic E-state index is 11.6. The molecule has 124 valence electrons. The third-order valence-corrected chi connectivity index (χ3v) is 4.19. The van der Waals surface area contributed by atoms with Gasteiger partial charge in [0.05, 0.1) is 36.3 Å². The van der Waals surface area contributed by atoms with Crippen LogP contribution in [0.15, 0.2) is 42.5 Å². The van der Waals surface area contributed by atoms with Crippen molar-refractivity contribution in [1.29, 1.82) is 0 Å². The van der Waals surface area contributed by atoms with Crippen LogP contribution in [0.2, 0.25) is 0 Å². The zero-order chi connectivity index (χ0) is 17.6. The monoisotopic (exact) mass is 334 g/mol. The minimum absolute atomic E-state index is 0.0589. The highest BCUT2D eigenvalue weighted by Gasteiger charge is 2.16. The van der Waals surface area contributed by atoms with Crippen LogP contribution in [0.25, 0.3) is 32.8 Å². The molecule has 1 aromatic heterocycles. The summed E-state index contributed by atoms with van der Waals surface area (Å²) in [6.07, 6.45) is 0. The van der Waals surface area contributed by atoms with E-state index < -0.39 is 5.97 Å². The zero-order valence-corrected chi connectivity index (χ0v) is 13.6. The number of carboxylic acids is 1. The molecule has 3 aromatic carbocycles. The lowest BCUT2D eigenvalue weighted by molar-refractivity contribution is 0.0698. The molecular weight excluding hydrogens is 320 g/mol. The van der Waals surface area contributed by atoms with Gasteiger partial charge in [0.25, 0.3) is 0 Å². The molecule has 6 heteroatoms. The third-order valence-electron chi connectivity index (χ3n) is 4.19. The van der Waals surface area contributed by atoms with Crippen LogP contribution in [0.3, 0.4) is 0 Å². The van der Waals surface area contributed by atoms with Crippen molar-refractivity contribution in [3.05, 3.63) is 48.0 Å². The molecule has 0 radical (unpaired) electrons. The van der Waals surface area contributed by atoms with Crippen molar-refractivity contribution in [1.82, 2.24) is 9.97 Å². The molecule has 0 saturated carbocycles. The molecule has 0 aliphatic rings. The minimum Gasteiger partial charge on any atom is -0.497 e. The fourth-order valence-electron chi connectivity index (χ4n) is 3.01. The quantitative estimate of drug-likeness (QED) is 0.455. The van der Waals surface area contributed by atoms with E-state index in [4.69, 9.17) is 9.47 Å². The van der Waals surface area contributed by atoms with Crippen LogP contribution in [-0.4, -0.2) is 35.3 Å². The number of carbonyl (C=O) groups is 1. The van der Waals surface area contributed by atoms with Gasteiger partial charge in [0.1, 0.15) is 17.0 Å². The van der Waals surface area contributed by atoms with Crippen LogP contribution in [0.5, 0.6) is 11.5 Å². The molecule has 4 aromatic rings. The Bertz CT molecular complexity index is 1150. The number of hydrogen-bond acceptors (Lipinski definition) is 5. The third kappa shape index (κ3) is 2.30. The molecule has 0 saturated heterocycles. The van der Waals surface area contributed by atoms with E-state index >= 15 is 0 Å². The summed E-state index contributed by atoms with van der Waals surface area (Å²) in [5.74, 6) is 0.0888. The summed E-state index contributed by atoms with van der Waals surface area (Å²) in [5, 5.41) is 11.3. The molecule has 0 atom stereocenters. The van der Waals surface area contributed by atoms with E-state index in [1.807, 2.05) is 30.3 Å². The topological polar surface area (TPSA) is 81.5 Å². The van der Waals surface area contributed by atoms with Gasteiger partial charge >= 0.3 is 5.97 Å². The Kier molecular flexibility index (Phi) is 3.39. The summed E-state index contributed by atoms with van der Waals surface area (Å²) < 4.78 is 10.6. The number of nitrogens with zero attached hydrogens (tertiary/aromatic N) is 2. The number of ether oxygens (including phenoxy) is 2. The maximum Gasteiger partial charge on any atom is 0.338 e.